The van der Waals surface area contributed by atoms with Gasteiger partial charge in [0.05, 0.1) is 5.69 Å². The largest absolute Gasteiger partial charge is 0.465 e. The Bertz CT molecular complexity index is 679. The Balaban J connectivity index is 1.79. The van der Waals surface area contributed by atoms with Crippen molar-refractivity contribution in [2.24, 2.45) is 0 Å². The van der Waals surface area contributed by atoms with Gasteiger partial charge in [0.1, 0.15) is 5.82 Å². The van der Waals surface area contributed by atoms with Gasteiger partial charge in [-0.1, -0.05) is 24.3 Å². The number of likely N-dealkylation sites (tertiary alicyclic amines) is 1. The van der Waals surface area contributed by atoms with E-state index in [4.69, 9.17) is 10.8 Å². The number of hydrogen-bond acceptors (Lipinski definition) is 3. The second kappa shape index (κ2) is 6.05. The first-order valence-corrected chi connectivity index (χ1v) is 7.44. The highest BCUT2D eigenvalue weighted by Crippen LogP contribution is 2.30. The molecule has 2 aromatic rings. The van der Waals surface area contributed by atoms with Crippen molar-refractivity contribution < 1.29 is 9.90 Å². The summed E-state index contributed by atoms with van der Waals surface area (Å²) >= 11 is 0. The first-order chi connectivity index (χ1) is 10.6. The minimum Gasteiger partial charge on any atom is -0.465 e. The molecule has 3 rings (SSSR count). The number of amides is 1. The van der Waals surface area contributed by atoms with Gasteiger partial charge in [-0.15, -0.1) is 0 Å². The van der Waals surface area contributed by atoms with E-state index in [9.17, 15) is 4.79 Å². The summed E-state index contributed by atoms with van der Waals surface area (Å²) in [6.07, 6.45) is 0.899. The molecule has 1 aromatic carbocycles. The molecule has 22 heavy (non-hydrogen) atoms. The molecule has 1 aromatic heterocycles. The second-order valence-electron chi connectivity index (χ2n) is 5.62. The molecule has 0 saturated carbocycles. The molecular formula is C17H19N3O2. The minimum absolute atomic E-state index is 0.400. The average molecular weight is 297 g/mol. The van der Waals surface area contributed by atoms with Crippen molar-refractivity contribution in [1.29, 1.82) is 0 Å². The van der Waals surface area contributed by atoms with Crippen molar-refractivity contribution in [3.8, 4) is 11.3 Å². The van der Waals surface area contributed by atoms with Crippen LogP contribution in [0.4, 0.5) is 10.6 Å². The summed E-state index contributed by atoms with van der Waals surface area (Å²) in [6, 6.07) is 13.9. The lowest BCUT2D eigenvalue weighted by Gasteiger charge is -2.30. The summed E-state index contributed by atoms with van der Waals surface area (Å²) in [5.41, 5.74) is 8.90. The van der Waals surface area contributed by atoms with Crippen LogP contribution >= 0.6 is 0 Å². The maximum absolute atomic E-state index is 11.0. The van der Waals surface area contributed by atoms with Crippen LogP contribution < -0.4 is 5.73 Å². The molecule has 0 radical (unpaired) electrons. The number of anilines is 1. The number of carbonyl (C=O) groups is 1. The highest BCUT2D eigenvalue weighted by atomic mass is 16.4. The number of nitrogen functional groups attached to an aromatic ring is 1. The minimum atomic E-state index is -0.823. The molecule has 0 atom stereocenters. The number of piperidine rings is 1. The number of benzene rings is 1. The van der Waals surface area contributed by atoms with E-state index in [1.165, 1.54) is 10.5 Å². The number of rotatable bonds is 2. The summed E-state index contributed by atoms with van der Waals surface area (Å²) in [7, 11) is 0. The van der Waals surface area contributed by atoms with Crippen molar-refractivity contribution in [2.45, 2.75) is 18.8 Å². The number of pyridine rings is 1. The molecule has 1 saturated heterocycles. The SMILES string of the molecule is Nc1cccc(-c2cccc(C3CCN(C(=O)O)CC3)c2)n1. The number of nitrogens with zero attached hydrogens (tertiary/aromatic N) is 2. The summed E-state index contributed by atoms with van der Waals surface area (Å²) in [5.74, 6) is 0.911. The third-order valence-corrected chi connectivity index (χ3v) is 4.19. The van der Waals surface area contributed by atoms with E-state index in [1.54, 1.807) is 6.07 Å². The molecule has 3 N–H and O–H groups in total. The maximum atomic E-state index is 11.0. The van der Waals surface area contributed by atoms with Crippen LogP contribution in [0, 0.1) is 0 Å². The van der Waals surface area contributed by atoms with Crippen LogP contribution in [0.3, 0.4) is 0 Å². The number of aromatic nitrogens is 1. The van der Waals surface area contributed by atoms with Crippen LogP contribution in [-0.4, -0.2) is 34.2 Å². The van der Waals surface area contributed by atoms with Gasteiger partial charge < -0.3 is 15.7 Å². The van der Waals surface area contributed by atoms with Gasteiger partial charge in [0.25, 0.3) is 0 Å². The van der Waals surface area contributed by atoms with Crippen LogP contribution in [0.5, 0.6) is 0 Å². The van der Waals surface area contributed by atoms with Crippen molar-refractivity contribution in [3.05, 3.63) is 48.0 Å². The van der Waals surface area contributed by atoms with E-state index in [1.807, 2.05) is 24.3 Å². The smallest absolute Gasteiger partial charge is 0.407 e. The van der Waals surface area contributed by atoms with Gasteiger partial charge in [-0.05, 0) is 42.5 Å². The molecule has 1 aliphatic rings. The zero-order valence-corrected chi connectivity index (χ0v) is 12.3. The zero-order chi connectivity index (χ0) is 15.5. The zero-order valence-electron chi connectivity index (χ0n) is 12.3. The fraction of sp³-hybridized carbons (Fsp3) is 0.294. The van der Waals surface area contributed by atoms with E-state index >= 15 is 0 Å². The van der Waals surface area contributed by atoms with Gasteiger partial charge in [-0.25, -0.2) is 9.78 Å². The number of carboxylic acid groups (broad SMARTS) is 1. The van der Waals surface area contributed by atoms with Crippen molar-refractivity contribution in [3.63, 3.8) is 0 Å². The van der Waals surface area contributed by atoms with Crippen LogP contribution in [0.25, 0.3) is 11.3 Å². The first-order valence-electron chi connectivity index (χ1n) is 7.44. The summed E-state index contributed by atoms with van der Waals surface area (Å²) < 4.78 is 0. The third-order valence-electron chi connectivity index (χ3n) is 4.19. The lowest BCUT2D eigenvalue weighted by Crippen LogP contribution is -2.36. The van der Waals surface area contributed by atoms with E-state index in [2.05, 4.69) is 17.1 Å². The molecule has 0 aliphatic carbocycles. The quantitative estimate of drug-likeness (QED) is 0.892. The van der Waals surface area contributed by atoms with E-state index < -0.39 is 6.09 Å². The third kappa shape index (κ3) is 3.03. The molecule has 5 nitrogen and oxygen atoms in total. The lowest BCUT2D eigenvalue weighted by atomic mass is 9.88. The molecule has 5 heteroatoms. The lowest BCUT2D eigenvalue weighted by molar-refractivity contribution is 0.132. The van der Waals surface area contributed by atoms with Gasteiger partial charge >= 0.3 is 6.09 Å². The first kappa shape index (κ1) is 14.4. The normalized spacial score (nSPS) is 15.7. The van der Waals surface area contributed by atoms with E-state index in [0.717, 1.165) is 24.1 Å². The fourth-order valence-corrected chi connectivity index (χ4v) is 2.97. The highest BCUT2D eigenvalue weighted by molar-refractivity contribution is 5.65. The molecule has 0 bridgehead atoms. The number of nitrogens with two attached hydrogens (primary N) is 1. The molecule has 2 heterocycles. The Hall–Kier alpha value is -2.56. The van der Waals surface area contributed by atoms with Gasteiger partial charge in [0, 0.05) is 18.7 Å². The molecule has 1 fully saturated rings. The Morgan fingerprint density at radius 1 is 1.18 bits per heavy atom. The van der Waals surface area contributed by atoms with Crippen LogP contribution in [0.15, 0.2) is 42.5 Å². The van der Waals surface area contributed by atoms with Gasteiger partial charge in [0.15, 0.2) is 0 Å². The van der Waals surface area contributed by atoms with Gasteiger partial charge in [0.2, 0.25) is 0 Å². The monoisotopic (exact) mass is 297 g/mol. The Morgan fingerprint density at radius 3 is 2.59 bits per heavy atom. The molecule has 0 spiro atoms. The van der Waals surface area contributed by atoms with Crippen molar-refractivity contribution in [2.75, 3.05) is 18.8 Å². The molecular weight excluding hydrogens is 278 g/mol. The molecule has 1 aliphatic heterocycles. The fourth-order valence-electron chi connectivity index (χ4n) is 2.97. The van der Waals surface area contributed by atoms with E-state index in [0.29, 0.717) is 24.8 Å². The predicted octanol–water partition coefficient (Wildman–Crippen LogP) is 3.19. The molecule has 1 amide bonds. The summed E-state index contributed by atoms with van der Waals surface area (Å²) in [6.45, 7) is 1.20. The Morgan fingerprint density at radius 2 is 1.91 bits per heavy atom. The van der Waals surface area contributed by atoms with Crippen molar-refractivity contribution in [1.82, 2.24) is 9.88 Å². The topological polar surface area (TPSA) is 79.5 Å². The van der Waals surface area contributed by atoms with Crippen LogP contribution in [0.2, 0.25) is 0 Å². The Labute approximate surface area is 129 Å². The maximum Gasteiger partial charge on any atom is 0.407 e. The molecule has 114 valence electrons. The number of hydrogen-bond donors (Lipinski definition) is 2. The summed E-state index contributed by atoms with van der Waals surface area (Å²) in [4.78, 5) is 16.8. The Kier molecular flexibility index (Phi) is 3.96. The predicted molar refractivity (Wildman–Crippen MR) is 85.7 cm³/mol. The van der Waals surface area contributed by atoms with E-state index in [-0.39, 0.29) is 0 Å². The standard InChI is InChI=1S/C17H19N3O2/c18-16-6-2-5-15(19-16)14-4-1-3-13(11-14)12-7-9-20(10-8-12)17(21)22/h1-6,11-12H,7-10H2,(H2,18,19)(H,21,22). The second-order valence-corrected chi connectivity index (χ2v) is 5.62. The molecule has 0 unspecified atom stereocenters. The van der Waals surface area contributed by atoms with Gasteiger partial charge in [-0.3, -0.25) is 0 Å². The van der Waals surface area contributed by atoms with Crippen LogP contribution in [0.1, 0.15) is 24.3 Å². The van der Waals surface area contributed by atoms with Crippen LogP contribution in [-0.2, 0) is 0 Å². The summed E-state index contributed by atoms with van der Waals surface area (Å²) in [5, 5.41) is 9.02. The average Bonchev–Trinajstić information content (AvgIpc) is 2.55. The van der Waals surface area contributed by atoms with Gasteiger partial charge in [-0.2, -0.15) is 0 Å². The van der Waals surface area contributed by atoms with Crippen molar-refractivity contribution >= 4 is 11.9 Å². The highest BCUT2D eigenvalue weighted by Gasteiger charge is 2.23.